The lowest BCUT2D eigenvalue weighted by molar-refractivity contribution is -0.140. The summed E-state index contributed by atoms with van der Waals surface area (Å²) < 4.78 is 85.1. The van der Waals surface area contributed by atoms with Gasteiger partial charge in [0.2, 0.25) is 0 Å². The van der Waals surface area contributed by atoms with E-state index >= 15 is 0 Å². The van der Waals surface area contributed by atoms with Gasteiger partial charge in [0, 0.05) is 36.5 Å². The van der Waals surface area contributed by atoms with Gasteiger partial charge >= 0.3 is 6.18 Å². The number of nitrogens with zero attached hydrogens (tertiary/aromatic N) is 2. The first kappa shape index (κ1) is 28.6. The summed E-state index contributed by atoms with van der Waals surface area (Å²) in [4.78, 5) is 2.00. The van der Waals surface area contributed by atoms with E-state index in [1.54, 1.807) is 24.3 Å². The van der Waals surface area contributed by atoms with Crippen molar-refractivity contribution in [2.45, 2.75) is 36.3 Å². The number of likely N-dealkylation sites (tertiary alicyclic amines) is 1. The number of ether oxygens (including phenoxy) is 1. The molecule has 0 saturated carbocycles. The molecular weight excluding hydrogens is 536 g/mol. The number of methoxy groups -OCH3 is 1. The normalized spacial score (nSPS) is 18.4. The predicted molar refractivity (Wildman–Crippen MR) is 144 cm³/mol. The van der Waals surface area contributed by atoms with Crippen LogP contribution in [0, 0.1) is 11.8 Å². The fraction of sp³-hybridized carbons (Fsp3) is 0.407. The molecule has 12 heteroatoms. The van der Waals surface area contributed by atoms with Crippen LogP contribution < -0.4 is 15.4 Å². The molecule has 7 nitrogen and oxygen atoms in total. The van der Waals surface area contributed by atoms with Crippen molar-refractivity contribution in [2.75, 3.05) is 50.7 Å². The highest BCUT2D eigenvalue weighted by Crippen LogP contribution is 2.32. The number of piperidine rings is 1. The molecule has 0 bridgehead atoms. The molecule has 4 rings (SSSR count). The fourth-order valence-corrected chi connectivity index (χ4v) is 5.24. The molecule has 1 aromatic heterocycles. The monoisotopic (exact) mass is 566 g/mol. The highest BCUT2D eigenvalue weighted by molar-refractivity contribution is 7.90. The van der Waals surface area contributed by atoms with Gasteiger partial charge in [-0.15, -0.1) is 0 Å². The second kappa shape index (κ2) is 11.4. The molecule has 2 aromatic carbocycles. The highest BCUT2D eigenvalue weighted by atomic mass is 32.2. The van der Waals surface area contributed by atoms with E-state index in [4.69, 9.17) is 4.74 Å². The quantitative estimate of drug-likeness (QED) is 0.323. The van der Waals surface area contributed by atoms with E-state index < -0.39 is 34.8 Å². The van der Waals surface area contributed by atoms with Crippen molar-refractivity contribution in [3.63, 3.8) is 0 Å². The van der Waals surface area contributed by atoms with Crippen molar-refractivity contribution in [2.24, 2.45) is 0 Å². The van der Waals surface area contributed by atoms with Crippen LogP contribution in [0.4, 0.5) is 28.9 Å². The lowest BCUT2D eigenvalue weighted by Crippen LogP contribution is -2.46. The fourth-order valence-electron chi connectivity index (χ4n) is 4.60. The van der Waals surface area contributed by atoms with Crippen molar-refractivity contribution < 1.29 is 30.7 Å². The van der Waals surface area contributed by atoms with Crippen molar-refractivity contribution >= 4 is 32.1 Å². The second-order valence-corrected chi connectivity index (χ2v) is 11.6. The Balaban J connectivity index is 1.61. The van der Waals surface area contributed by atoms with E-state index in [0.717, 1.165) is 10.8 Å². The number of nitrogens with one attached hydrogen (secondary N) is 2. The van der Waals surface area contributed by atoms with Crippen LogP contribution in [-0.4, -0.2) is 76.3 Å². The lowest BCUT2D eigenvalue weighted by Gasteiger charge is -2.33. The molecule has 0 aliphatic carbocycles. The number of fused-ring (bicyclic) bond motifs is 1. The second-order valence-electron chi connectivity index (χ2n) is 9.58. The van der Waals surface area contributed by atoms with Crippen LogP contribution in [0.25, 0.3) is 10.9 Å². The zero-order chi connectivity index (χ0) is 28.4. The summed E-state index contributed by atoms with van der Waals surface area (Å²) in [5.74, 6) is 5.95. The Hall–Kier alpha value is -3.43. The van der Waals surface area contributed by atoms with Crippen molar-refractivity contribution in [3.8, 4) is 17.6 Å². The molecule has 2 heterocycles. The highest BCUT2D eigenvalue weighted by Gasteiger charge is 2.31. The summed E-state index contributed by atoms with van der Waals surface area (Å²) in [5, 5.41) is 6.74. The van der Waals surface area contributed by atoms with Crippen LogP contribution in [-0.2, 0) is 16.4 Å². The Bertz CT molecular complexity index is 1510. The van der Waals surface area contributed by atoms with Gasteiger partial charge in [0.25, 0.3) is 0 Å². The van der Waals surface area contributed by atoms with Crippen LogP contribution in [0.3, 0.4) is 0 Å². The van der Waals surface area contributed by atoms with Gasteiger partial charge in [0.1, 0.15) is 18.5 Å². The van der Waals surface area contributed by atoms with Gasteiger partial charge in [0.05, 0.1) is 41.5 Å². The molecule has 0 spiro atoms. The Labute approximate surface area is 225 Å². The van der Waals surface area contributed by atoms with E-state index in [0.29, 0.717) is 41.0 Å². The largest absolute Gasteiger partial charge is 0.495 e. The number of hydrogen-bond donors (Lipinski definition) is 2. The molecule has 0 amide bonds. The molecule has 2 N–H and O–H groups in total. The Morgan fingerprint density at radius 2 is 1.92 bits per heavy atom. The molecule has 2 unspecified atom stereocenters. The van der Waals surface area contributed by atoms with Crippen molar-refractivity contribution in [1.29, 1.82) is 0 Å². The number of alkyl halides is 4. The van der Waals surface area contributed by atoms with Crippen LogP contribution in [0.15, 0.2) is 47.4 Å². The zero-order valence-electron chi connectivity index (χ0n) is 21.8. The number of halogens is 4. The third kappa shape index (κ3) is 6.96. The summed E-state index contributed by atoms with van der Waals surface area (Å²) in [6, 6.07) is 10.5. The summed E-state index contributed by atoms with van der Waals surface area (Å²) in [7, 11) is -0.176. The summed E-state index contributed by atoms with van der Waals surface area (Å²) in [5.41, 5.74) is 1.55. The molecule has 3 aromatic rings. The first-order chi connectivity index (χ1) is 18.4. The van der Waals surface area contributed by atoms with E-state index in [-0.39, 0.29) is 23.7 Å². The Morgan fingerprint density at radius 1 is 1.15 bits per heavy atom. The number of benzene rings is 2. The molecule has 1 fully saturated rings. The average molecular weight is 567 g/mol. The lowest BCUT2D eigenvalue weighted by atomic mass is 10.0. The third-order valence-electron chi connectivity index (χ3n) is 6.55. The zero-order valence-corrected chi connectivity index (χ0v) is 22.6. The van der Waals surface area contributed by atoms with Crippen LogP contribution in [0.2, 0.25) is 0 Å². The molecule has 2 atom stereocenters. The topological polar surface area (TPSA) is 75.6 Å². The first-order valence-electron chi connectivity index (χ1n) is 12.2. The van der Waals surface area contributed by atoms with E-state index in [9.17, 15) is 26.0 Å². The Morgan fingerprint density at radius 3 is 2.59 bits per heavy atom. The van der Waals surface area contributed by atoms with Crippen LogP contribution >= 0.6 is 0 Å². The summed E-state index contributed by atoms with van der Waals surface area (Å²) in [6.07, 6.45) is -3.92. The van der Waals surface area contributed by atoms with Gasteiger partial charge in [-0.05, 0) is 49.7 Å². The van der Waals surface area contributed by atoms with Crippen molar-refractivity contribution in [3.05, 3.63) is 48.2 Å². The average Bonchev–Trinajstić information content (AvgIpc) is 3.19. The Kier molecular flexibility index (Phi) is 8.32. The molecular formula is C27H30F4N4O3S. The van der Waals surface area contributed by atoms with Gasteiger partial charge in [-0.3, -0.25) is 0 Å². The van der Waals surface area contributed by atoms with Crippen LogP contribution in [0.5, 0.6) is 5.75 Å². The maximum absolute atomic E-state index is 14.6. The maximum Gasteiger partial charge on any atom is 0.406 e. The molecule has 1 saturated heterocycles. The van der Waals surface area contributed by atoms with E-state index in [2.05, 4.69) is 22.5 Å². The van der Waals surface area contributed by atoms with E-state index in [1.807, 2.05) is 11.9 Å². The molecule has 1 aliphatic rings. The van der Waals surface area contributed by atoms with Gasteiger partial charge in [-0.2, -0.15) is 13.2 Å². The molecule has 39 heavy (non-hydrogen) atoms. The van der Waals surface area contributed by atoms with Gasteiger partial charge in [-0.1, -0.05) is 12.0 Å². The minimum absolute atomic E-state index is 0.0619. The van der Waals surface area contributed by atoms with Crippen LogP contribution in [0.1, 0.15) is 12.1 Å². The minimum Gasteiger partial charge on any atom is -0.495 e. The van der Waals surface area contributed by atoms with Gasteiger partial charge in [0.15, 0.2) is 9.84 Å². The first-order valence-corrected chi connectivity index (χ1v) is 14.1. The number of anilines is 2. The SMILES string of the molecule is COc1cc(S(C)(=O)=O)ccc1NCC#Cc1cc2c(NC3CCN(C)CC3F)cccc2n1CC(F)(F)F. The molecule has 0 radical (unpaired) electrons. The van der Waals surface area contributed by atoms with E-state index in [1.165, 1.54) is 25.3 Å². The van der Waals surface area contributed by atoms with Crippen molar-refractivity contribution in [1.82, 2.24) is 9.47 Å². The standard InChI is InChI=1S/C27H30F4N4O3S/c1-34-13-11-23(21(28)16-34)33-22-7-4-8-25-20(22)14-18(35(25)17-27(29,30)31)6-5-12-32-24-10-9-19(39(3,36)37)15-26(24)38-2/h4,7-10,14-15,21,23,32-33H,11-13,16-17H2,1-3H3. The van der Waals surface area contributed by atoms with Gasteiger partial charge in [-0.25, -0.2) is 12.8 Å². The number of aromatic nitrogens is 1. The number of hydrogen-bond acceptors (Lipinski definition) is 6. The number of sulfone groups is 1. The molecule has 210 valence electrons. The molecule has 1 aliphatic heterocycles. The maximum atomic E-state index is 14.6. The van der Waals surface area contributed by atoms with Gasteiger partial charge < -0.3 is 24.8 Å². The minimum atomic E-state index is -4.48. The predicted octanol–water partition coefficient (Wildman–Crippen LogP) is 4.53. The third-order valence-corrected chi connectivity index (χ3v) is 7.66. The smallest absolute Gasteiger partial charge is 0.406 e. The number of rotatable bonds is 7. The summed E-state index contributed by atoms with van der Waals surface area (Å²) in [6.45, 7) is -0.159. The summed E-state index contributed by atoms with van der Waals surface area (Å²) >= 11 is 0.